The zero-order valence-corrected chi connectivity index (χ0v) is 18.9. The molecule has 0 bridgehead atoms. The number of rotatable bonds is 7. The standard InChI is InChI=1S/C23H25F3N4OS/c1-22(2,3)16-8-10-18(11-9-16)31-14-19-28-20(27)30-21(29-19)32-13-12-15-4-6-17(7-5-15)23(24,25)26/h4-11H,12-14H2,1-3H3,(H2,27,28,29,30). The Morgan fingerprint density at radius 1 is 0.875 bits per heavy atom. The minimum absolute atomic E-state index is 0.0632. The highest BCUT2D eigenvalue weighted by molar-refractivity contribution is 7.99. The van der Waals surface area contributed by atoms with Crippen LogP contribution in [0.4, 0.5) is 19.1 Å². The van der Waals surface area contributed by atoms with E-state index in [2.05, 4.69) is 35.7 Å². The van der Waals surface area contributed by atoms with Crippen LogP contribution in [0.2, 0.25) is 0 Å². The van der Waals surface area contributed by atoms with Gasteiger partial charge in [0.05, 0.1) is 5.56 Å². The van der Waals surface area contributed by atoms with Crippen LogP contribution in [0.15, 0.2) is 53.7 Å². The summed E-state index contributed by atoms with van der Waals surface area (Å²) in [6, 6.07) is 13.0. The number of anilines is 1. The summed E-state index contributed by atoms with van der Waals surface area (Å²) in [6.07, 6.45) is -3.76. The first-order valence-corrected chi connectivity index (χ1v) is 11.0. The van der Waals surface area contributed by atoms with Crippen molar-refractivity contribution >= 4 is 17.7 Å². The topological polar surface area (TPSA) is 73.9 Å². The van der Waals surface area contributed by atoms with Gasteiger partial charge < -0.3 is 10.5 Å². The summed E-state index contributed by atoms with van der Waals surface area (Å²) in [6.45, 7) is 6.59. The second kappa shape index (κ2) is 9.77. The third-order valence-electron chi connectivity index (χ3n) is 4.67. The predicted molar refractivity (Wildman–Crippen MR) is 120 cm³/mol. The van der Waals surface area contributed by atoms with Crippen LogP contribution in [-0.2, 0) is 24.6 Å². The number of hydrogen-bond acceptors (Lipinski definition) is 6. The first-order valence-electron chi connectivity index (χ1n) is 10.0. The molecule has 0 aliphatic rings. The van der Waals surface area contributed by atoms with Crippen LogP contribution >= 0.6 is 11.8 Å². The van der Waals surface area contributed by atoms with Crippen LogP contribution < -0.4 is 10.5 Å². The van der Waals surface area contributed by atoms with E-state index in [1.165, 1.54) is 29.5 Å². The molecule has 1 aromatic heterocycles. The van der Waals surface area contributed by atoms with Gasteiger partial charge in [-0.15, -0.1) is 0 Å². The van der Waals surface area contributed by atoms with E-state index >= 15 is 0 Å². The second-order valence-electron chi connectivity index (χ2n) is 8.25. The summed E-state index contributed by atoms with van der Waals surface area (Å²) in [4.78, 5) is 12.6. The highest BCUT2D eigenvalue weighted by atomic mass is 32.2. The summed E-state index contributed by atoms with van der Waals surface area (Å²) in [5.41, 5.74) is 7.22. The molecule has 1 heterocycles. The molecule has 2 aromatic carbocycles. The van der Waals surface area contributed by atoms with Crippen LogP contribution in [0, 0.1) is 0 Å². The number of ether oxygens (including phenoxy) is 1. The Balaban J connectivity index is 1.55. The molecule has 3 aromatic rings. The van der Waals surface area contributed by atoms with E-state index in [4.69, 9.17) is 10.5 Å². The predicted octanol–water partition coefficient (Wildman–Crippen LogP) is 5.68. The molecular formula is C23H25F3N4OS. The maximum atomic E-state index is 12.7. The number of benzene rings is 2. The number of nitrogens with two attached hydrogens (primary N) is 1. The SMILES string of the molecule is CC(C)(C)c1ccc(OCc2nc(N)nc(SCCc3ccc(C(F)(F)F)cc3)n2)cc1. The van der Waals surface area contributed by atoms with Gasteiger partial charge in [-0.05, 0) is 47.2 Å². The fourth-order valence-corrected chi connectivity index (χ4v) is 3.71. The van der Waals surface area contributed by atoms with E-state index in [1.807, 2.05) is 24.3 Å². The Morgan fingerprint density at radius 3 is 2.09 bits per heavy atom. The Labute approximate surface area is 189 Å². The van der Waals surface area contributed by atoms with Gasteiger partial charge in [-0.25, -0.2) is 4.98 Å². The maximum absolute atomic E-state index is 12.7. The minimum atomic E-state index is -4.33. The first kappa shape index (κ1) is 23.8. The maximum Gasteiger partial charge on any atom is 0.416 e. The molecule has 3 rings (SSSR count). The molecule has 32 heavy (non-hydrogen) atoms. The van der Waals surface area contributed by atoms with Crippen LogP contribution in [0.5, 0.6) is 5.75 Å². The highest BCUT2D eigenvalue weighted by Gasteiger charge is 2.29. The van der Waals surface area contributed by atoms with Gasteiger partial charge in [-0.2, -0.15) is 23.1 Å². The van der Waals surface area contributed by atoms with Gasteiger partial charge in [-0.3, -0.25) is 0 Å². The monoisotopic (exact) mass is 462 g/mol. The van der Waals surface area contributed by atoms with Crippen molar-refractivity contribution in [3.63, 3.8) is 0 Å². The van der Waals surface area contributed by atoms with Gasteiger partial charge in [0.15, 0.2) is 11.0 Å². The molecule has 0 spiro atoms. The number of nitrogens with zero attached hydrogens (tertiary/aromatic N) is 3. The molecule has 0 atom stereocenters. The smallest absolute Gasteiger partial charge is 0.416 e. The lowest BCUT2D eigenvalue weighted by Gasteiger charge is -2.19. The number of aromatic nitrogens is 3. The molecule has 0 radical (unpaired) electrons. The fraction of sp³-hybridized carbons (Fsp3) is 0.348. The van der Waals surface area contributed by atoms with Gasteiger partial charge in [0.2, 0.25) is 5.95 Å². The summed E-state index contributed by atoms with van der Waals surface area (Å²) < 4.78 is 43.7. The van der Waals surface area contributed by atoms with Crippen molar-refractivity contribution in [3.8, 4) is 5.75 Å². The van der Waals surface area contributed by atoms with Crippen molar-refractivity contribution in [3.05, 3.63) is 71.0 Å². The Morgan fingerprint density at radius 2 is 1.50 bits per heavy atom. The Kier molecular flexibility index (Phi) is 7.28. The zero-order chi connectivity index (χ0) is 23.4. The lowest BCUT2D eigenvalue weighted by atomic mass is 9.87. The average molecular weight is 463 g/mol. The minimum Gasteiger partial charge on any atom is -0.486 e. The molecular weight excluding hydrogens is 437 g/mol. The van der Waals surface area contributed by atoms with Gasteiger partial charge in [0, 0.05) is 5.75 Å². The molecule has 0 unspecified atom stereocenters. The van der Waals surface area contributed by atoms with E-state index in [9.17, 15) is 13.2 Å². The summed E-state index contributed by atoms with van der Waals surface area (Å²) in [5.74, 6) is 1.80. The van der Waals surface area contributed by atoms with E-state index < -0.39 is 11.7 Å². The average Bonchev–Trinajstić information content (AvgIpc) is 2.71. The molecule has 0 saturated heterocycles. The van der Waals surface area contributed by atoms with Gasteiger partial charge in [0.1, 0.15) is 12.4 Å². The van der Waals surface area contributed by atoms with Crippen LogP contribution in [-0.4, -0.2) is 20.7 Å². The van der Waals surface area contributed by atoms with Gasteiger partial charge in [0.25, 0.3) is 0 Å². The molecule has 0 fully saturated rings. The largest absolute Gasteiger partial charge is 0.486 e. The van der Waals surface area contributed by atoms with Crippen molar-refractivity contribution in [1.29, 1.82) is 0 Å². The lowest BCUT2D eigenvalue weighted by Crippen LogP contribution is -2.11. The second-order valence-corrected chi connectivity index (χ2v) is 9.31. The number of aryl methyl sites for hydroxylation is 1. The number of halogens is 3. The van der Waals surface area contributed by atoms with Crippen molar-refractivity contribution < 1.29 is 17.9 Å². The number of nitrogen functional groups attached to an aromatic ring is 1. The summed E-state index contributed by atoms with van der Waals surface area (Å²) in [7, 11) is 0. The summed E-state index contributed by atoms with van der Waals surface area (Å²) in [5, 5.41) is 0.450. The van der Waals surface area contributed by atoms with Gasteiger partial charge >= 0.3 is 6.18 Å². The third kappa shape index (κ3) is 6.85. The molecule has 5 nitrogen and oxygen atoms in total. The number of thioether (sulfide) groups is 1. The molecule has 0 aliphatic heterocycles. The third-order valence-corrected chi connectivity index (χ3v) is 5.52. The first-order chi connectivity index (χ1) is 15.0. The van der Waals surface area contributed by atoms with Crippen LogP contribution in [0.25, 0.3) is 0 Å². The van der Waals surface area contributed by atoms with Crippen molar-refractivity contribution in [2.24, 2.45) is 0 Å². The molecule has 0 saturated carbocycles. The van der Waals surface area contributed by atoms with E-state index in [-0.39, 0.29) is 18.0 Å². The van der Waals surface area contributed by atoms with E-state index in [0.29, 0.717) is 28.9 Å². The summed E-state index contributed by atoms with van der Waals surface area (Å²) >= 11 is 1.36. The van der Waals surface area contributed by atoms with Crippen molar-refractivity contribution in [1.82, 2.24) is 15.0 Å². The number of hydrogen-bond donors (Lipinski definition) is 1. The Hall–Kier alpha value is -2.81. The molecule has 0 aliphatic carbocycles. The van der Waals surface area contributed by atoms with E-state index in [0.717, 1.165) is 17.7 Å². The highest BCUT2D eigenvalue weighted by Crippen LogP contribution is 2.29. The van der Waals surface area contributed by atoms with Crippen LogP contribution in [0.3, 0.4) is 0 Å². The zero-order valence-electron chi connectivity index (χ0n) is 18.1. The molecule has 9 heteroatoms. The van der Waals surface area contributed by atoms with Crippen LogP contribution in [0.1, 0.15) is 43.3 Å². The fourth-order valence-electron chi connectivity index (χ4n) is 2.86. The van der Waals surface area contributed by atoms with E-state index in [1.54, 1.807) is 0 Å². The lowest BCUT2D eigenvalue weighted by molar-refractivity contribution is -0.137. The Bertz CT molecular complexity index is 1030. The number of alkyl halides is 3. The molecule has 2 N–H and O–H groups in total. The van der Waals surface area contributed by atoms with Gasteiger partial charge in [-0.1, -0.05) is 56.8 Å². The quantitative estimate of drug-likeness (QED) is 0.455. The normalized spacial score (nSPS) is 12.1. The van der Waals surface area contributed by atoms with Crippen molar-refractivity contribution in [2.75, 3.05) is 11.5 Å². The van der Waals surface area contributed by atoms with Crippen molar-refractivity contribution in [2.45, 2.75) is 50.5 Å². The molecule has 0 amide bonds. The molecule has 170 valence electrons.